The van der Waals surface area contributed by atoms with Gasteiger partial charge in [0, 0.05) is 16.3 Å². The molecule has 2 atom stereocenters. The van der Waals surface area contributed by atoms with Gasteiger partial charge in [0.15, 0.2) is 0 Å². The summed E-state index contributed by atoms with van der Waals surface area (Å²) in [5, 5.41) is 10.1. The van der Waals surface area contributed by atoms with Crippen LogP contribution in [0.4, 0.5) is 0 Å². The molecule has 1 saturated carbocycles. The summed E-state index contributed by atoms with van der Waals surface area (Å²) >= 11 is 3.39. The fourth-order valence-electron chi connectivity index (χ4n) is 2.31. The molecule has 0 spiro atoms. The number of carbonyl (C=O) groups excluding carboxylic acids is 1. The third kappa shape index (κ3) is 2.45. The van der Waals surface area contributed by atoms with E-state index in [1.807, 2.05) is 38.1 Å². The Morgan fingerprint density at radius 1 is 1.29 bits per heavy atom. The maximum absolute atomic E-state index is 12.0. The fraction of sp³-hybridized carbons (Fsp3) is 0.500. The molecule has 1 fully saturated rings. The molecule has 1 aromatic carbocycles. The number of ketones is 1. The summed E-state index contributed by atoms with van der Waals surface area (Å²) in [6.45, 7) is 3.66. The van der Waals surface area contributed by atoms with Crippen LogP contribution >= 0.6 is 15.9 Å². The molecule has 1 aliphatic rings. The van der Waals surface area contributed by atoms with Crippen LogP contribution in [0.25, 0.3) is 0 Å². The summed E-state index contributed by atoms with van der Waals surface area (Å²) in [6, 6.07) is 8.00. The summed E-state index contributed by atoms with van der Waals surface area (Å²) in [6.07, 6.45) is 0.656. The van der Waals surface area contributed by atoms with Crippen LogP contribution in [0, 0.1) is 5.41 Å². The maximum Gasteiger partial charge on any atom is 0.141 e. The van der Waals surface area contributed by atoms with Crippen LogP contribution in [0.3, 0.4) is 0 Å². The largest absolute Gasteiger partial charge is 0.392 e. The monoisotopic (exact) mass is 296 g/mol. The summed E-state index contributed by atoms with van der Waals surface area (Å²) in [7, 11) is 0. The highest BCUT2D eigenvalue weighted by atomic mass is 79.9. The van der Waals surface area contributed by atoms with Gasteiger partial charge in [-0.3, -0.25) is 4.79 Å². The molecular weight excluding hydrogens is 280 g/mol. The van der Waals surface area contributed by atoms with E-state index in [0.717, 1.165) is 10.0 Å². The Morgan fingerprint density at radius 3 is 2.41 bits per heavy atom. The van der Waals surface area contributed by atoms with E-state index in [-0.39, 0.29) is 11.7 Å². The molecule has 0 aromatic heterocycles. The normalized spacial score (nSPS) is 28.1. The number of carbonyl (C=O) groups is 1. The van der Waals surface area contributed by atoms with Crippen LogP contribution in [0.5, 0.6) is 0 Å². The predicted molar refractivity (Wildman–Crippen MR) is 70.9 cm³/mol. The minimum Gasteiger partial charge on any atom is -0.392 e. The number of Topliss-reactive ketones (excluding diaryl/α,β-unsaturated/α-hetero) is 1. The van der Waals surface area contributed by atoms with Crippen LogP contribution < -0.4 is 0 Å². The molecule has 3 heteroatoms. The van der Waals surface area contributed by atoms with Gasteiger partial charge >= 0.3 is 0 Å². The van der Waals surface area contributed by atoms with Gasteiger partial charge in [-0.2, -0.15) is 0 Å². The lowest BCUT2D eigenvalue weighted by Gasteiger charge is -2.37. The van der Waals surface area contributed by atoms with Gasteiger partial charge in [0.05, 0.1) is 6.10 Å². The summed E-state index contributed by atoms with van der Waals surface area (Å²) in [5.41, 5.74) is 0.544. The van der Waals surface area contributed by atoms with E-state index in [1.165, 1.54) is 0 Å². The van der Waals surface area contributed by atoms with E-state index in [0.29, 0.717) is 12.8 Å². The lowest BCUT2D eigenvalue weighted by atomic mass is 9.68. The summed E-state index contributed by atoms with van der Waals surface area (Å²) < 4.78 is 1.03. The highest BCUT2D eigenvalue weighted by molar-refractivity contribution is 9.10. The van der Waals surface area contributed by atoms with Gasteiger partial charge in [-0.1, -0.05) is 41.9 Å². The lowest BCUT2D eigenvalue weighted by molar-refractivity contribution is -0.137. The maximum atomic E-state index is 12.0. The van der Waals surface area contributed by atoms with E-state index < -0.39 is 11.5 Å². The second kappa shape index (κ2) is 4.54. The summed E-state index contributed by atoms with van der Waals surface area (Å²) in [4.78, 5) is 12.0. The van der Waals surface area contributed by atoms with Crippen LogP contribution in [-0.4, -0.2) is 17.0 Å². The van der Waals surface area contributed by atoms with E-state index in [4.69, 9.17) is 0 Å². The molecule has 2 rings (SSSR count). The Morgan fingerprint density at radius 2 is 1.88 bits per heavy atom. The van der Waals surface area contributed by atoms with Crippen LogP contribution in [0.1, 0.15) is 38.2 Å². The van der Waals surface area contributed by atoms with Crippen molar-refractivity contribution < 1.29 is 9.90 Å². The zero-order valence-corrected chi connectivity index (χ0v) is 11.7. The van der Waals surface area contributed by atoms with E-state index in [9.17, 15) is 9.90 Å². The molecule has 2 nitrogen and oxygen atoms in total. The van der Waals surface area contributed by atoms with Gasteiger partial charge in [0.2, 0.25) is 0 Å². The van der Waals surface area contributed by atoms with Crippen LogP contribution in [-0.2, 0) is 4.79 Å². The molecule has 2 unspecified atom stereocenters. The van der Waals surface area contributed by atoms with E-state index >= 15 is 0 Å². The Balaban J connectivity index is 2.20. The number of halogens is 1. The van der Waals surface area contributed by atoms with Gasteiger partial charge in [0.25, 0.3) is 0 Å². The lowest BCUT2D eigenvalue weighted by Crippen LogP contribution is -2.43. The number of aliphatic hydroxyl groups is 1. The first-order chi connectivity index (χ1) is 7.91. The average Bonchev–Trinajstić information content (AvgIpc) is 2.27. The number of hydrogen-bond acceptors (Lipinski definition) is 2. The average molecular weight is 297 g/mol. The topological polar surface area (TPSA) is 37.3 Å². The molecule has 0 bridgehead atoms. The molecule has 17 heavy (non-hydrogen) atoms. The molecule has 0 amide bonds. The van der Waals surface area contributed by atoms with Gasteiger partial charge in [-0.05, 0) is 30.0 Å². The van der Waals surface area contributed by atoms with E-state index in [2.05, 4.69) is 15.9 Å². The molecule has 92 valence electrons. The number of benzene rings is 1. The van der Waals surface area contributed by atoms with Gasteiger partial charge < -0.3 is 5.11 Å². The van der Waals surface area contributed by atoms with Crippen molar-refractivity contribution in [3.05, 3.63) is 34.3 Å². The van der Waals surface area contributed by atoms with Gasteiger partial charge in [-0.15, -0.1) is 0 Å². The Kier molecular flexibility index (Phi) is 3.41. The molecular formula is C14H17BrO2. The number of rotatable bonds is 1. The van der Waals surface area contributed by atoms with Crippen molar-refractivity contribution in [2.24, 2.45) is 5.41 Å². The van der Waals surface area contributed by atoms with Crippen molar-refractivity contribution in [2.75, 3.05) is 0 Å². The van der Waals surface area contributed by atoms with Crippen LogP contribution in [0.2, 0.25) is 0 Å². The smallest absolute Gasteiger partial charge is 0.141 e. The third-order valence-corrected chi connectivity index (χ3v) is 4.36. The predicted octanol–water partition coefficient (Wildman–Crippen LogP) is 3.28. The van der Waals surface area contributed by atoms with Crippen molar-refractivity contribution in [1.82, 2.24) is 0 Å². The zero-order chi connectivity index (χ0) is 12.6. The standard InChI is InChI=1S/C14H17BrO2/c1-14(2)12(16)7-10(8-13(14)17)9-3-5-11(15)6-4-9/h3-6,10,12,16H,7-8H2,1-2H3. The quantitative estimate of drug-likeness (QED) is 0.863. The third-order valence-electron chi connectivity index (χ3n) is 3.83. The number of hydrogen-bond donors (Lipinski definition) is 1. The highest BCUT2D eigenvalue weighted by Gasteiger charge is 2.42. The minimum atomic E-state index is -0.591. The number of aliphatic hydroxyl groups excluding tert-OH is 1. The molecule has 1 aromatic rings. The van der Waals surface area contributed by atoms with Crippen molar-refractivity contribution in [3.63, 3.8) is 0 Å². The summed E-state index contributed by atoms with van der Waals surface area (Å²) in [5.74, 6) is 0.308. The Hall–Kier alpha value is -0.670. The second-order valence-corrected chi connectivity index (χ2v) is 6.26. The zero-order valence-electron chi connectivity index (χ0n) is 10.1. The Labute approximate surface area is 110 Å². The van der Waals surface area contributed by atoms with Crippen molar-refractivity contribution >= 4 is 21.7 Å². The van der Waals surface area contributed by atoms with Crippen molar-refractivity contribution in [3.8, 4) is 0 Å². The van der Waals surface area contributed by atoms with Gasteiger partial charge in [0.1, 0.15) is 5.78 Å². The molecule has 0 radical (unpaired) electrons. The molecule has 0 heterocycles. The molecule has 0 aliphatic heterocycles. The SMILES string of the molecule is CC1(C)C(=O)CC(c2ccc(Br)cc2)CC1O. The molecule has 0 saturated heterocycles. The first kappa shape index (κ1) is 12.8. The van der Waals surface area contributed by atoms with Crippen molar-refractivity contribution in [2.45, 2.75) is 38.7 Å². The highest BCUT2D eigenvalue weighted by Crippen LogP contribution is 2.40. The first-order valence-electron chi connectivity index (χ1n) is 5.88. The Bertz CT molecular complexity index is 422. The minimum absolute atomic E-state index is 0.152. The molecule has 1 N–H and O–H groups in total. The van der Waals surface area contributed by atoms with Crippen molar-refractivity contribution in [1.29, 1.82) is 0 Å². The fourth-order valence-corrected chi connectivity index (χ4v) is 2.57. The van der Waals surface area contributed by atoms with Crippen LogP contribution in [0.15, 0.2) is 28.7 Å². The van der Waals surface area contributed by atoms with Gasteiger partial charge in [-0.25, -0.2) is 0 Å². The first-order valence-corrected chi connectivity index (χ1v) is 6.67. The van der Waals surface area contributed by atoms with E-state index in [1.54, 1.807) is 0 Å². The second-order valence-electron chi connectivity index (χ2n) is 5.35. The molecule has 1 aliphatic carbocycles.